The third-order valence-corrected chi connectivity index (χ3v) is 11.1. The number of aromatic nitrogens is 1. The molecule has 1 aromatic heterocycles. The second-order valence-electron chi connectivity index (χ2n) is 15.3. The summed E-state index contributed by atoms with van der Waals surface area (Å²) in [4.78, 5) is 29.5. The van der Waals surface area contributed by atoms with Crippen LogP contribution < -0.4 is 14.4 Å². The first-order valence-corrected chi connectivity index (χ1v) is 18.8. The second-order valence-corrected chi connectivity index (χ2v) is 16.3. The summed E-state index contributed by atoms with van der Waals surface area (Å²) >= 11 is 1.86. The molecule has 0 atom stereocenters. The summed E-state index contributed by atoms with van der Waals surface area (Å²) in [6, 6.07) is 28.3. The molecule has 4 aromatic rings. The van der Waals surface area contributed by atoms with Crippen molar-refractivity contribution in [2.75, 3.05) is 83.8 Å². The van der Waals surface area contributed by atoms with Gasteiger partial charge in [-0.05, 0) is 47.7 Å². The highest BCUT2D eigenvalue weighted by Gasteiger charge is 2.32. The summed E-state index contributed by atoms with van der Waals surface area (Å²) < 4.78 is 3.23. The molecule has 0 saturated carbocycles. The van der Waals surface area contributed by atoms with Gasteiger partial charge in [0, 0.05) is 35.7 Å². The largest absolute Gasteiger partial charge is 0.477 e. The van der Waals surface area contributed by atoms with Crippen molar-refractivity contribution < 1.29 is 33.3 Å². The number of aryl methyl sites for hydroxylation is 1. The van der Waals surface area contributed by atoms with Crippen molar-refractivity contribution in [2.45, 2.75) is 37.1 Å². The number of fused-ring (bicyclic) bond motifs is 1. The second kappa shape index (κ2) is 15.5. The molecule has 6 rings (SSSR count). The Morgan fingerprint density at radius 1 is 0.863 bits per heavy atom. The first-order chi connectivity index (χ1) is 24.4. The van der Waals surface area contributed by atoms with Crippen molar-refractivity contribution in [2.24, 2.45) is 0 Å². The maximum absolute atomic E-state index is 11.6. The number of likely N-dealkylation sites (N-methyl/N-ethyl adjacent to an activating group) is 2. The average Bonchev–Trinajstić information content (AvgIpc) is 3.43. The predicted molar refractivity (Wildman–Crippen MR) is 206 cm³/mol. The lowest BCUT2D eigenvalue weighted by Gasteiger charge is -2.30. The molecule has 51 heavy (non-hydrogen) atoms. The van der Waals surface area contributed by atoms with E-state index in [0.29, 0.717) is 15.5 Å². The lowest BCUT2D eigenvalue weighted by Crippen LogP contribution is -2.48. The zero-order valence-corrected chi connectivity index (χ0v) is 31.2. The maximum atomic E-state index is 11.6. The van der Waals surface area contributed by atoms with E-state index in [1.165, 1.54) is 37.7 Å². The van der Waals surface area contributed by atoms with Gasteiger partial charge < -0.3 is 24.1 Å². The van der Waals surface area contributed by atoms with Gasteiger partial charge in [-0.2, -0.15) is 0 Å². The topological polar surface area (TPSA) is 85.0 Å². The Labute approximate surface area is 306 Å². The zero-order valence-electron chi connectivity index (χ0n) is 30.4. The number of nitrogens with zero attached hydrogens (tertiary/aromatic N) is 5. The van der Waals surface area contributed by atoms with E-state index in [4.69, 9.17) is 0 Å². The molecule has 2 aliphatic heterocycles. The molecule has 0 amide bonds. The van der Waals surface area contributed by atoms with Gasteiger partial charge in [-0.3, -0.25) is 4.90 Å². The van der Waals surface area contributed by atoms with Crippen LogP contribution in [0.3, 0.4) is 0 Å². The minimum atomic E-state index is -0.795. The number of anilines is 2. The number of thioether (sulfide) groups is 1. The van der Waals surface area contributed by atoms with E-state index in [1.54, 1.807) is 0 Å². The van der Waals surface area contributed by atoms with Gasteiger partial charge in [0.2, 0.25) is 0 Å². The Morgan fingerprint density at radius 2 is 1.51 bits per heavy atom. The molecule has 2 aliphatic rings. The van der Waals surface area contributed by atoms with Gasteiger partial charge in [-0.1, -0.05) is 72.4 Å². The normalized spacial score (nSPS) is 15.0. The van der Waals surface area contributed by atoms with Gasteiger partial charge in [0.05, 0.1) is 65.1 Å². The fourth-order valence-corrected chi connectivity index (χ4v) is 8.81. The standard InChI is InChI=1S/C41H50N5O4S/c1-45(2,29-39(47)48)24-12-21-42(22-13-25-46(3,4)30-40(49)50)37-26-33(27-38-43-23-11-17-32-16-10-20-36(51-38)41(32)43)34-18-8-9-19-35(34)44(37)28-31-14-6-5-7-15-31/h5-10,14-16,18-20,26-27H,11-13,17,21-25,28-30H2,1-4H3/q+1/p+2. The van der Waals surface area contributed by atoms with Crippen LogP contribution in [0.4, 0.5) is 11.5 Å². The highest BCUT2D eigenvalue weighted by Crippen LogP contribution is 2.50. The van der Waals surface area contributed by atoms with Crippen LogP contribution in [0.25, 0.3) is 17.0 Å². The number of aliphatic carboxylic acids is 2. The number of para-hydroxylation sites is 2. The number of quaternary nitrogens is 2. The van der Waals surface area contributed by atoms with Crippen LogP contribution in [0.5, 0.6) is 0 Å². The monoisotopic (exact) mass is 710 g/mol. The Bertz CT molecular complexity index is 1890. The van der Waals surface area contributed by atoms with Crippen LogP contribution in [0.1, 0.15) is 36.0 Å². The Morgan fingerprint density at radius 3 is 2.18 bits per heavy atom. The van der Waals surface area contributed by atoms with Crippen molar-refractivity contribution in [1.82, 2.24) is 0 Å². The fourth-order valence-electron chi connectivity index (χ4n) is 7.62. The quantitative estimate of drug-likeness (QED) is 0.110. The average molecular weight is 711 g/mol. The van der Waals surface area contributed by atoms with Crippen LogP contribution in [0.2, 0.25) is 0 Å². The van der Waals surface area contributed by atoms with Crippen LogP contribution in [-0.2, 0) is 22.6 Å². The fraction of sp³-hybridized carbons (Fsp3) is 0.390. The van der Waals surface area contributed by atoms with Gasteiger partial charge in [0.25, 0.3) is 5.82 Å². The lowest BCUT2D eigenvalue weighted by atomic mass is 10.0. The Hall–Kier alpha value is -4.38. The van der Waals surface area contributed by atoms with E-state index in [2.05, 4.69) is 93.2 Å². The van der Waals surface area contributed by atoms with Crippen LogP contribution in [0, 0.1) is 0 Å². The van der Waals surface area contributed by atoms with Crippen LogP contribution in [0.15, 0.2) is 88.8 Å². The van der Waals surface area contributed by atoms with E-state index >= 15 is 0 Å². The molecule has 10 heteroatoms. The summed E-state index contributed by atoms with van der Waals surface area (Å²) in [6.07, 6.45) is 6.24. The molecule has 0 radical (unpaired) electrons. The molecule has 9 nitrogen and oxygen atoms in total. The zero-order chi connectivity index (χ0) is 36.2. The van der Waals surface area contributed by atoms with E-state index in [-0.39, 0.29) is 13.1 Å². The molecule has 0 unspecified atom stereocenters. The number of hydrogen-bond acceptors (Lipinski definition) is 5. The Balaban J connectivity index is 1.44. The van der Waals surface area contributed by atoms with E-state index in [9.17, 15) is 19.8 Å². The molecular formula is C41H52N5O4S+3. The van der Waals surface area contributed by atoms with Crippen molar-refractivity contribution in [1.29, 1.82) is 0 Å². The van der Waals surface area contributed by atoms with Crippen molar-refractivity contribution in [3.63, 3.8) is 0 Å². The maximum Gasteiger partial charge on any atom is 0.359 e. The summed E-state index contributed by atoms with van der Waals surface area (Å²) in [5.74, 6) is -0.483. The number of hydrogen-bond donors (Lipinski definition) is 2. The van der Waals surface area contributed by atoms with Crippen molar-refractivity contribution >= 4 is 52.2 Å². The van der Waals surface area contributed by atoms with E-state index in [0.717, 1.165) is 69.7 Å². The molecule has 0 saturated heterocycles. The number of carboxylic acid groups (broad SMARTS) is 2. The molecule has 2 N–H and O–H groups in total. The molecule has 0 bridgehead atoms. The number of benzene rings is 3. The van der Waals surface area contributed by atoms with Gasteiger partial charge in [-0.25, -0.2) is 14.2 Å². The van der Waals surface area contributed by atoms with E-state index in [1.807, 2.05) is 46.0 Å². The smallest absolute Gasteiger partial charge is 0.359 e. The van der Waals surface area contributed by atoms with Gasteiger partial charge >= 0.3 is 11.9 Å². The molecular weight excluding hydrogens is 659 g/mol. The predicted octanol–water partition coefficient (Wildman–Crippen LogP) is 5.94. The SMILES string of the molecule is C[N+](C)(CCCN(CCC[N+](C)(C)CC(=O)O)c1cc(C=C2Sc3cccc4c3N2CCC4)c2ccccc2[n+]1Cc1ccccc1)CC(=O)O. The minimum absolute atomic E-state index is 0.0703. The molecule has 0 fully saturated rings. The highest BCUT2D eigenvalue weighted by atomic mass is 32.2. The van der Waals surface area contributed by atoms with Crippen LogP contribution >= 0.6 is 11.8 Å². The van der Waals surface area contributed by atoms with E-state index < -0.39 is 11.9 Å². The Kier molecular flexibility index (Phi) is 11.0. The number of carboxylic acids is 2. The summed E-state index contributed by atoms with van der Waals surface area (Å²) in [6.45, 7) is 4.77. The molecule has 268 valence electrons. The summed E-state index contributed by atoms with van der Waals surface area (Å²) in [5.41, 5.74) is 6.32. The minimum Gasteiger partial charge on any atom is -0.477 e. The molecule has 3 heterocycles. The number of pyridine rings is 1. The summed E-state index contributed by atoms with van der Waals surface area (Å²) in [7, 11) is 7.90. The lowest BCUT2D eigenvalue weighted by molar-refractivity contribution is -0.883. The van der Waals surface area contributed by atoms with Crippen molar-refractivity contribution in [3.8, 4) is 0 Å². The van der Waals surface area contributed by atoms with Crippen LogP contribution in [-0.4, -0.2) is 105 Å². The molecule has 0 aliphatic carbocycles. The van der Waals surface area contributed by atoms with Gasteiger partial charge in [0.15, 0.2) is 13.1 Å². The third kappa shape index (κ3) is 8.92. The summed E-state index contributed by atoms with van der Waals surface area (Å²) in [5, 5.41) is 21.5. The molecule has 3 aromatic carbocycles. The van der Waals surface area contributed by atoms with Crippen molar-refractivity contribution in [3.05, 3.63) is 101 Å². The van der Waals surface area contributed by atoms with Gasteiger partial charge in [0.1, 0.15) is 12.1 Å². The number of rotatable bonds is 16. The third-order valence-electron chi connectivity index (χ3n) is 10.0. The van der Waals surface area contributed by atoms with Gasteiger partial charge in [-0.15, -0.1) is 0 Å². The first-order valence-electron chi connectivity index (χ1n) is 18.0. The number of carbonyl (C=O) groups is 2. The highest BCUT2D eigenvalue weighted by molar-refractivity contribution is 8.03. The molecule has 0 spiro atoms. The first kappa shape index (κ1) is 36.4.